The van der Waals surface area contributed by atoms with Gasteiger partial charge in [-0.25, -0.2) is 0 Å². The van der Waals surface area contributed by atoms with Crippen molar-refractivity contribution in [2.75, 3.05) is 0 Å². The van der Waals surface area contributed by atoms with Crippen LogP contribution >= 0.6 is 0 Å². The van der Waals surface area contributed by atoms with E-state index in [-0.39, 0.29) is 0 Å². The second kappa shape index (κ2) is 5.67. The number of benzene rings is 5. The molecule has 0 unspecified atom stereocenters. The molecule has 7 rings (SSSR count). The SMILES string of the molecule is Cc1nc2c3ccccc3c3ccccc3c2c2c1Cc1cc3ccccc3cc1-2. The third-order valence-corrected chi connectivity index (χ3v) is 6.78. The molecule has 0 atom stereocenters. The highest BCUT2D eigenvalue weighted by atomic mass is 14.7. The zero-order valence-electron chi connectivity index (χ0n) is 16.7. The second-order valence-corrected chi connectivity index (χ2v) is 8.40. The Kier molecular flexibility index (Phi) is 3.05. The van der Waals surface area contributed by atoms with Crippen molar-refractivity contribution in [2.45, 2.75) is 13.3 Å². The molecule has 6 aromatic rings. The highest BCUT2D eigenvalue weighted by Gasteiger charge is 2.26. The molecule has 0 saturated heterocycles. The summed E-state index contributed by atoms with van der Waals surface area (Å²) >= 11 is 0. The molecular formula is C29H19N. The predicted molar refractivity (Wildman–Crippen MR) is 127 cm³/mol. The van der Waals surface area contributed by atoms with E-state index in [1.165, 1.54) is 60.0 Å². The summed E-state index contributed by atoms with van der Waals surface area (Å²) in [6.45, 7) is 2.17. The van der Waals surface area contributed by atoms with E-state index in [9.17, 15) is 0 Å². The molecular weight excluding hydrogens is 362 g/mol. The fourth-order valence-corrected chi connectivity index (χ4v) is 5.43. The van der Waals surface area contributed by atoms with Gasteiger partial charge in [-0.1, -0.05) is 78.9 Å². The monoisotopic (exact) mass is 381 g/mol. The van der Waals surface area contributed by atoms with E-state index in [1.54, 1.807) is 0 Å². The minimum absolute atomic E-state index is 0.964. The van der Waals surface area contributed by atoms with E-state index in [4.69, 9.17) is 4.98 Å². The van der Waals surface area contributed by atoms with Gasteiger partial charge in [-0.3, -0.25) is 4.98 Å². The summed E-state index contributed by atoms with van der Waals surface area (Å²) in [6, 6.07) is 31.0. The summed E-state index contributed by atoms with van der Waals surface area (Å²) in [7, 11) is 0. The van der Waals surface area contributed by atoms with Gasteiger partial charge in [-0.15, -0.1) is 0 Å². The zero-order valence-corrected chi connectivity index (χ0v) is 16.7. The average molecular weight is 381 g/mol. The highest BCUT2D eigenvalue weighted by molar-refractivity contribution is 6.28. The molecule has 1 heteroatoms. The van der Waals surface area contributed by atoms with Gasteiger partial charge in [0.2, 0.25) is 0 Å². The minimum atomic E-state index is 0.964. The minimum Gasteiger partial charge on any atom is -0.252 e. The first-order valence-electron chi connectivity index (χ1n) is 10.5. The van der Waals surface area contributed by atoms with E-state index in [1.807, 2.05) is 0 Å². The summed E-state index contributed by atoms with van der Waals surface area (Å²) in [6.07, 6.45) is 0.964. The lowest BCUT2D eigenvalue weighted by Crippen LogP contribution is -1.95. The molecule has 0 amide bonds. The van der Waals surface area contributed by atoms with Crippen LogP contribution in [0, 0.1) is 6.92 Å². The van der Waals surface area contributed by atoms with Gasteiger partial charge in [0.25, 0.3) is 0 Å². The van der Waals surface area contributed by atoms with Crippen molar-refractivity contribution >= 4 is 43.2 Å². The zero-order chi connectivity index (χ0) is 19.8. The Balaban J connectivity index is 1.75. The van der Waals surface area contributed by atoms with Gasteiger partial charge in [-0.05, 0) is 62.2 Å². The summed E-state index contributed by atoms with van der Waals surface area (Å²) in [4.78, 5) is 5.18. The smallest absolute Gasteiger partial charge is 0.0796 e. The Morgan fingerprint density at radius 2 is 1.27 bits per heavy atom. The van der Waals surface area contributed by atoms with Gasteiger partial charge in [0.15, 0.2) is 0 Å². The molecule has 1 heterocycles. The van der Waals surface area contributed by atoms with E-state index in [0.717, 1.165) is 17.6 Å². The van der Waals surface area contributed by atoms with Gasteiger partial charge < -0.3 is 0 Å². The molecule has 1 nitrogen and oxygen atoms in total. The molecule has 1 aliphatic rings. The summed E-state index contributed by atoms with van der Waals surface area (Å²) in [5.74, 6) is 0. The van der Waals surface area contributed by atoms with E-state index >= 15 is 0 Å². The number of pyridine rings is 1. The van der Waals surface area contributed by atoms with Crippen LogP contribution in [0.4, 0.5) is 0 Å². The first-order valence-corrected chi connectivity index (χ1v) is 10.5. The van der Waals surface area contributed by atoms with Crippen LogP contribution in [0.2, 0.25) is 0 Å². The number of hydrogen-bond donors (Lipinski definition) is 0. The maximum Gasteiger partial charge on any atom is 0.0796 e. The molecule has 140 valence electrons. The summed E-state index contributed by atoms with van der Waals surface area (Å²) < 4.78 is 0. The summed E-state index contributed by atoms with van der Waals surface area (Å²) in [5, 5.41) is 9.05. The van der Waals surface area contributed by atoms with Gasteiger partial charge in [0.1, 0.15) is 0 Å². The molecule has 0 N–H and O–H groups in total. The number of fused-ring (bicyclic) bond motifs is 11. The Morgan fingerprint density at radius 1 is 0.667 bits per heavy atom. The molecule has 1 aliphatic carbocycles. The fraction of sp³-hybridized carbons (Fsp3) is 0.0690. The summed E-state index contributed by atoms with van der Waals surface area (Å²) in [5.41, 5.74) is 7.84. The van der Waals surface area contributed by atoms with Crippen molar-refractivity contribution in [3.05, 3.63) is 102 Å². The van der Waals surface area contributed by atoms with Crippen molar-refractivity contribution in [1.29, 1.82) is 0 Å². The van der Waals surface area contributed by atoms with Crippen molar-refractivity contribution < 1.29 is 0 Å². The Labute approximate surface area is 174 Å². The molecule has 0 saturated carbocycles. The Morgan fingerprint density at radius 3 is 2.03 bits per heavy atom. The van der Waals surface area contributed by atoms with Crippen LogP contribution in [0.15, 0.2) is 84.9 Å². The molecule has 0 bridgehead atoms. The molecule has 0 spiro atoms. The first kappa shape index (κ1) is 16.1. The van der Waals surface area contributed by atoms with Gasteiger partial charge in [0.05, 0.1) is 5.52 Å². The topological polar surface area (TPSA) is 12.9 Å². The fourth-order valence-electron chi connectivity index (χ4n) is 5.43. The number of rotatable bonds is 0. The standard InChI is InChI=1S/C29H19N/c1-17-25-16-20-14-18-8-2-3-9-19(18)15-26(20)27(25)28-23-12-6-4-10-21(23)22-11-5-7-13-24(22)29(28)30-17/h2-15H,16H2,1H3. The van der Waals surface area contributed by atoms with Crippen LogP contribution < -0.4 is 0 Å². The van der Waals surface area contributed by atoms with Crippen molar-refractivity contribution in [3.8, 4) is 11.1 Å². The molecule has 30 heavy (non-hydrogen) atoms. The third kappa shape index (κ3) is 1.99. The van der Waals surface area contributed by atoms with Gasteiger partial charge >= 0.3 is 0 Å². The largest absolute Gasteiger partial charge is 0.252 e. The molecule has 5 aromatic carbocycles. The van der Waals surface area contributed by atoms with Crippen molar-refractivity contribution in [1.82, 2.24) is 4.98 Å². The van der Waals surface area contributed by atoms with Gasteiger partial charge in [0, 0.05) is 22.9 Å². The van der Waals surface area contributed by atoms with Crippen LogP contribution in [0.5, 0.6) is 0 Å². The maximum atomic E-state index is 5.18. The number of hydrogen-bond acceptors (Lipinski definition) is 1. The van der Waals surface area contributed by atoms with E-state index < -0.39 is 0 Å². The van der Waals surface area contributed by atoms with Crippen LogP contribution in [0.25, 0.3) is 54.3 Å². The lowest BCUT2D eigenvalue weighted by molar-refractivity contribution is 1.15. The van der Waals surface area contributed by atoms with Crippen LogP contribution in [-0.2, 0) is 6.42 Å². The van der Waals surface area contributed by atoms with Crippen LogP contribution in [0.3, 0.4) is 0 Å². The van der Waals surface area contributed by atoms with E-state index in [0.29, 0.717) is 0 Å². The Bertz CT molecular complexity index is 1670. The third-order valence-electron chi connectivity index (χ3n) is 6.78. The first-order chi connectivity index (χ1) is 14.8. The predicted octanol–water partition coefficient (Wildman–Crippen LogP) is 7.57. The molecule has 1 aromatic heterocycles. The van der Waals surface area contributed by atoms with E-state index in [2.05, 4.69) is 91.9 Å². The lowest BCUT2D eigenvalue weighted by Gasteiger charge is -2.15. The lowest BCUT2D eigenvalue weighted by atomic mass is 9.91. The quantitative estimate of drug-likeness (QED) is 0.247. The molecule has 0 radical (unpaired) electrons. The van der Waals surface area contributed by atoms with Crippen molar-refractivity contribution in [3.63, 3.8) is 0 Å². The molecule has 0 aliphatic heterocycles. The number of aryl methyl sites for hydroxylation is 1. The van der Waals surface area contributed by atoms with Crippen molar-refractivity contribution in [2.24, 2.45) is 0 Å². The second-order valence-electron chi connectivity index (χ2n) is 8.40. The number of nitrogens with zero attached hydrogens (tertiary/aromatic N) is 1. The van der Waals surface area contributed by atoms with Crippen LogP contribution in [0.1, 0.15) is 16.8 Å². The average Bonchev–Trinajstić information content (AvgIpc) is 3.17. The maximum absolute atomic E-state index is 5.18. The Hall–Kier alpha value is -3.71. The van der Waals surface area contributed by atoms with Crippen LogP contribution in [-0.4, -0.2) is 4.98 Å². The molecule has 0 fully saturated rings. The number of aromatic nitrogens is 1. The highest BCUT2D eigenvalue weighted by Crippen LogP contribution is 2.47. The normalized spacial score (nSPS) is 12.7. The van der Waals surface area contributed by atoms with Gasteiger partial charge in [-0.2, -0.15) is 0 Å².